The smallest absolute Gasteiger partial charge is 0.325 e. The Bertz CT molecular complexity index is 960. The molecule has 2 aromatic rings. The predicted octanol–water partition coefficient (Wildman–Crippen LogP) is 2.55. The zero-order valence-corrected chi connectivity index (χ0v) is 17.6. The molecule has 9 nitrogen and oxygen atoms in total. The Morgan fingerprint density at radius 3 is 2.35 bits per heavy atom. The number of methoxy groups -OCH3 is 3. The highest BCUT2D eigenvalue weighted by molar-refractivity contribution is 6.04. The molecular weight excluding hydrogens is 402 g/mol. The molecule has 1 aliphatic rings. The number of hydrogen-bond acceptors (Lipinski definition) is 6. The first-order valence-electron chi connectivity index (χ1n) is 9.72. The average Bonchev–Trinajstić information content (AvgIpc) is 3.05. The molecular formula is C22H25N3O6. The third-order valence-electron chi connectivity index (χ3n) is 4.93. The topological polar surface area (TPSA) is 106 Å². The number of nitrogens with one attached hydrogen (secondary N) is 2. The lowest BCUT2D eigenvalue weighted by Crippen LogP contribution is -2.31. The van der Waals surface area contributed by atoms with Crippen LogP contribution in [0, 0.1) is 0 Å². The summed E-state index contributed by atoms with van der Waals surface area (Å²) >= 11 is 0. The highest BCUT2D eigenvalue weighted by Crippen LogP contribution is 2.29. The molecule has 4 amide bonds. The van der Waals surface area contributed by atoms with Crippen LogP contribution in [0.4, 0.5) is 10.5 Å². The largest absolute Gasteiger partial charge is 0.497 e. The fraction of sp³-hybridized carbons (Fsp3) is 0.318. The molecule has 9 heteroatoms. The fourth-order valence-electron chi connectivity index (χ4n) is 3.25. The van der Waals surface area contributed by atoms with Gasteiger partial charge in [0.1, 0.15) is 11.8 Å². The maximum atomic E-state index is 12.6. The van der Waals surface area contributed by atoms with Gasteiger partial charge in [0.25, 0.3) is 5.91 Å². The van der Waals surface area contributed by atoms with Crippen molar-refractivity contribution in [3.8, 4) is 17.2 Å². The van der Waals surface area contributed by atoms with Crippen LogP contribution in [-0.4, -0.2) is 50.1 Å². The van der Waals surface area contributed by atoms with E-state index in [9.17, 15) is 14.4 Å². The summed E-state index contributed by atoms with van der Waals surface area (Å²) in [4.78, 5) is 38.3. The van der Waals surface area contributed by atoms with Crippen molar-refractivity contribution >= 4 is 23.5 Å². The molecule has 0 unspecified atom stereocenters. The van der Waals surface area contributed by atoms with Gasteiger partial charge in [-0.3, -0.25) is 14.5 Å². The maximum Gasteiger partial charge on any atom is 0.325 e. The van der Waals surface area contributed by atoms with Gasteiger partial charge in [-0.1, -0.05) is 12.1 Å². The van der Waals surface area contributed by atoms with Gasteiger partial charge in [0, 0.05) is 18.2 Å². The van der Waals surface area contributed by atoms with Gasteiger partial charge in [0.05, 0.1) is 27.9 Å². The number of carbonyl (C=O) groups is 3. The van der Waals surface area contributed by atoms with Crippen molar-refractivity contribution in [2.45, 2.75) is 25.4 Å². The van der Waals surface area contributed by atoms with E-state index in [-0.39, 0.29) is 31.2 Å². The number of anilines is 1. The molecule has 3 rings (SSSR count). The van der Waals surface area contributed by atoms with Crippen LogP contribution in [0.2, 0.25) is 0 Å². The zero-order chi connectivity index (χ0) is 22.4. The zero-order valence-electron chi connectivity index (χ0n) is 17.6. The molecule has 0 spiro atoms. The SMILES string of the molecule is COc1ccc(CN2C(=O)N[C@@H](CCC(=O)Nc3ccc(OC)c(OC)c3)C2=O)cc1. The standard InChI is InChI=1S/C22H25N3O6/c1-29-16-7-4-14(5-8-16)13-25-21(27)17(24-22(25)28)9-11-20(26)23-15-6-10-18(30-2)19(12-15)31-3/h4-8,10,12,17H,9,11,13H2,1-3H3,(H,23,26)(H,24,28)/t17-/m0/s1. The molecule has 0 bridgehead atoms. The van der Waals surface area contributed by atoms with E-state index in [2.05, 4.69) is 10.6 Å². The highest BCUT2D eigenvalue weighted by atomic mass is 16.5. The number of amides is 4. The van der Waals surface area contributed by atoms with E-state index in [0.29, 0.717) is 22.9 Å². The lowest BCUT2D eigenvalue weighted by Gasteiger charge is -2.13. The Morgan fingerprint density at radius 2 is 1.71 bits per heavy atom. The lowest BCUT2D eigenvalue weighted by molar-refractivity contribution is -0.128. The van der Waals surface area contributed by atoms with Gasteiger partial charge >= 0.3 is 6.03 Å². The quantitative estimate of drug-likeness (QED) is 0.596. The number of carbonyl (C=O) groups excluding carboxylic acids is 3. The molecule has 0 aliphatic carbocycles. The molecule has 0 radical (unpaired) electrons. The van der Waals surface area contributed by atoms with Gasteiger partial charge in [-0.05, 0) is 36.2 Å². The highest BCUT2D eigenvalue weighted by Gasteiger charge is 2.37. The average molecular weight is 427 g/mol. The molecule has 2 N–H and O–H groups in total. The van der Waals surface area contributed by atoms with Crippen molar-refractivity contribution in [2.75, 3.05) is 26.6 Å². The van der Waals surface area contributed by atoms with Gasteiger partial charge in [-0.2, -0.15) is 0 Å². The van der Waals surface area contributed by atoms with Crippen molar-refractivity contribution in [3.63, 3.8) is 0 Å². The van der Waals surface area contributed by atoms with Crippen LogP contribution in [0.1, 0.15) is 18.4 Å². The summed E-state index contributed by atoms with van der Waals surface area (Å²) < 4.78 is 15.5. The Morgan fingerprint density at radius 1 is 1.00 bits per heavy atom. The first-order chi connectivity index (χ1) is 14.9. The first kappa shape index (κ1) is 21.9. The van der Waals surface area contributed by atoms with Crippen LogP contribution < -0.4 is 24.8 Å². The van der Waals surface area contributed by atoms with Gasteiger partial charge in [0.2, 0.25) is 5.91 Å². The Balaban J connectivity index is 1.54. The van der Waals surface area contributed by atoms with Crippen molar-refractivity contribution in [1.82, 2.24) is 10.2 Å². The van der Waals surface area contributed by atoms with E-state index in [1.807, 2.05) is 0 Å². The Labute approximate surface area is 180 Å². The second-order valence-electron chi connectivity index (χ2n) is 6.93. The minimum atomic E-state index is -0.734. The number of rotatable bonds is 9. The van der Waals surface area contributed by atoms with E-state index in [4.69, 9.17) is 14.2 Å². The van der Waals surface area contributed by atoms with Crippen molar-refractivity contribution in [2.24, 2.45) is 0 Å². The van der Waals surface area contributed by atoms with Crippen molar-refractivity contribution in [3.05, 3.63) is 48.0 Å². The van der Waals surface area contributed by atoms with Crippen LogP contribution in [0.5, 0.6) is 17.2 Å². The predicted molar refractivity (Wildman–Crippen MR) is 113 cm³/mol. The maximum absolute atomic E-state index is 12.6. The minimum absolute atomic E-state index is 0.0708. The molecule has 0 aromatic heterocycles. The van der Waals surface area contributed by atoms with E-state index < -0.39 is 12.1 Å². The number of imide groups is 1. The van der Waals surface area contributed by atoms with E-state index in [1.165, 1.54) is 14.2 Å². The van der Waals surface area contributed by atoms with E-state index >= 15 is 0 Å². The number of hydrogen-bond donors (Lipinski definition) is 2. The van der Waals surface area contributed by atoms with Gasteiger partial charge in [-0.25, -0.2) is 4.79 Å². The summed E-state index contributed by atoms with van der Waals surface area (Å²) in [5, 5.41) is 5.40. The molecule has 1 fully saturated rings. The van der Waals surface area contributed by atoms with Crippen LogP contribution in [0.25, 0.3) is 0 Å². The van der Waals surface area contributed by atoms with Gasteiger partial charge in [0.15, 0.2) is 11.5 Å². The van der Waals surface area contributed by atoms with Crippen molar-refractivity contribution < 1.29 is 28.6 Å². The molecule has 0 saturated carbocycles. The molecule has 1 saturated heterocycles. The Hall–Kier alpha value is -3.75. The van der Waals surface area contributed by atoms with E-state index in [0.717, 1.165) is 10.5 Å². The van der Waals surface area contributed by atoms with Gasteiger partial charge in [-0.15, -0.1) is 0 Å². The molecule has 164 valence electrons. The summed E-state index contributed by atoms with van der Waals surface area (Å²) in [5.41, 5.74) is 1.35. The number of urea groups is 1. The Kier molecular flexibility index (Phi) is 6.96. The normalized spacial score (nSPS) is 15.5. The van der Waals surface area contributed by atoms with Crippen LogP contribution in [0.3, 0.4) is 0 Å². The minimum Gasteiger partial charge on any atom is -0.497 e. The summed E-state index contributed by atoms with van der Waals surface area (Å²) in [6.45, 7) is 0.156. The number of ether oxygens (including phenoxy) is 3. The van der Waals surface area contributed by atoms with Crippen LogP contribution in [-0.2, 0) is 16.1 Å². The van der Waals surface area contributed by atoms with Crippen LogP contribution in [0.15, 0.2) is 42.5 Å². The monoisotopic (exact) mass is 427 g/mol. The fourth-order valence-corrected chi connectivity index (χ4v) is 3.25. The lowest BCUT2D eigenvalue weighted by atomic mass is 10.1. The molecule has 1 aliphatic heterocycles. The summed E-state index contributed by atoms with van der Waals surface area (Å²) in [6.07, 6.45) is 0.268. The van der Waals surface area contributed by atoms with Gasteiger partial charge < -0.3 is 24.8 Å². The number of benzene rings is 2. The van der Waals surface area contributed by atoms with Crippen LogP contribution >= 0.6 is 0 Å². The van der Waals surface area contributed by atoms with E-state index in [1.54, 1.807) is 49.6 Å². The molecule has 2 aromatic carbocycles. The number of nitrogens with zero attached hydrogens (tertiary/aromatic N) is 1. The second kappa shape index (κ2) is 9.84. The molecule has 1 atom stereocenters. The molecule has 1 heterocycles. The first-order valence-corrected chi connectivity index (χ1v) is 9.72. The van der Waals surface area contributed by atoms with Crippen molar-refractivity contribution in [1.29, 1.82) is 0 Å². The summed E-state index contributed by atoms with van der Waals surface area (Å²) in [7, 11) is 4.61. The summed E-state index contributed by atoms with van der Waals surface area (Å²) in [6, 6.07) is 11.0. The second-order valence-corrected chi connectivity index (χ2v) is 6.93. The molecule has 31 heavy (non-hydrogen) atoms. The summed E-state index contributed by atoms with van der Waals surface area (Å²) in [5.74, 6) is 1.12. The third-order valence-corrected chi connectivity index (χ3v) is 4.93. The third kappa shape index (κ3) is 5.25.